The van der Waals surface area contributed by atoms with E-state index in [4.69, 9.17) is 4.42 Å². The summed E-state index contributed by atoms with van der Waals surface area (Å²) in [6.07, 6.45) is 5.15. The number of hydrogen-bond donors (Lipinski definition) is 1. The summed E-state index contributed by atoms with van der Waals surface area (Å²) in [5, 5.41) is 3.48. The molecule has 0 saturated heterocycles. The van der Waals surface area contributed by atoms with Crippen LogP contribution in [0.3, 0.4) is 0 Å². The lowest BCUT2D eigenvalue weighted by Gasteiger charge is -2.15. The number of carbonyl (C=O) groups is 1. The molecule has 0 fully saturated rings. The van der Waals surface area contributed by atoms with Crippen molar-refractivity contribution in [2.45, 2.75) is 59.3 Å². The Labute approximate surface area is 171 Å². The fourth-order valence-electron chi connectivity index (χ4n) is 3.71. The van der Waals surface area contributed by atoms with Crippen LogP contribution in [0.5, 0.6) is 0 Å². The molecule has 0 aliphatic heterocycles. The van der Waals surface area contributed by atoms with Gasteiger partial charge in [0, 0.05) is 12.1 Å². The second kappa shape index (κ2) is 9.55. The third kappa shape index (κ3) is 4.42. The molecule has 29 heavy (non-hydrogen) atoms. The van der Waals surface area contributed by atoms with E-state index in [1.54, 1.807) is 18.2 Å². The predicted octanol–water partition coefficient (Wildman–Crippen LogP) is 5.90. The van der Waals surface area contributed by atoms with Gasteiger partial charge in [-0.05, 0) is 42.5 Å². The number of para-hydroxylation sites is 2. The number of unbranched alkanes of at least 4 members (excludes halogenated alkanes) is 2. The molecule has 1 amide bonds. The van der Waals surface area contributed by atoms with E-state index in [-0.39, 0.29) is 16.9 Å². The lowest BCUT2D eigenvalue weighted by molar-refractivity contribution is 0.102. The highest BCUT2D eigenvalue weighted by Crippen LogP contribution is 2.25. The average molecular weight is 392 g/mol. The quantitative estimate of drug-likeness (QED) is 0.486. The van der Waals surface area contributed by atoms with Gasteiger partial charge in [-0.1, -0.05) is 63.9 Å². The van der Waals surface area contributed by atoms with Crippen LogP contribution in [0.2, 0.25) is 0 Å². The number of rotatable bonds is 8. The molecular formula is C25H29NO3. The third-order valence-electron chi connectivity index (χ3n) is 5.34. The highest BCUT2D eigenvalue weighted by molar-refractivity contribution is 6.07. The lowest BCUT2D eigenvalue weighted by atomic mass is 10.0. The first kappa shape index (κ1) is 20.8. The summed E-state index contributed by atoms with van der Waals surface area (Å²) >= 11 is 0. The van der Waals surface area contributed by atoms with Crippen molar-refractivity contribution < 1.29 is 9.21 Å². The van der Waals surface area contributed by atoms with Crippen molar-refractivity contribution in [3.8, 4) is 0 Å². The van der Waals surface area contributed by atoms with Gasteiger partial charge in [-0.3, -0.25) is 9.59 Å². The fourth-order valence-corrected chi connectivity index (χ4v) is 3.71. The molecule has 0 aliphatic carbocycles. The van der Waals surface area contributed by atoms with Crippen molar-refractivity contribution in [2.24, 2.45) is 0 Å². The molecular weight excluding hydrogens is 362 g/mol. The molecule has 0 unspecified atom stereocenters. The number of nitrogens with one attached hydrogen (secondary N) is 1. The van der Waals surface area contributed by atoms with Crippen molar-refractivity contribution in [3.05, 3.63) is 75.1 Å². The second-order valence-electron chi connectivity index (χ2n) is 7.30. The smallest absolute Gasteiger partial charge is 0.263 e. The lowest BCUT2D eigenvalue weighted by Crippen LogP contribution is -2.25. The van der Waals surface area contributed by atoms with E-state index in [1.807, 2.05) is 24.3 Å². The Bertz CT molecular complexity index is 1040. The van der Waals surface area contributed by atoms with E-state index in [0.717, 1.165) is 48.9 Å². The van der Waals surface area contributed by atoms with Gasteiger partial charge < -0.3 is 9.73 Å². The first-order valence-corrected chi connectivity index (χ1v) is 10.6. The fraction of sp³-hybridized carbons (Fsp3) is 0.360. The Hall–Kier alpha value is -2.88. The number of anilines is 1. The maximum Gasteiger partial charge on any atom is 0.263 e. The molecule has 1 aromatic heterocycles. The van der Waals surface area contributed by atoms with Gasteiger partial charge in [0.15, 0.2) is 0 Å². The van der Waals surface area contributed by atoms with Crippen LogP contribution < -0.4 is 10.7 Å². The van der Waals surface area contributed by atoms with Crippen LogP contribution in [0.1, 0.15) is 67.3 Å². The molecule has 0 atom stereocenters. The molecule has 0 aliphatic rings. The summed E-state index contributed by atoms with van der Waals surface area (Å²) in [7, 11) is 0. The molecule has 152 valence electrons. The first-order chi connectivity index (χ1) is 14.1. The summed E-state index contributed by atoms with van der Waals surface area (Å²) in [5.74, 6) is 0.0956. The van der Waals surface area contributed by atoms with E-state index in [9.17, 15) is 9.59 Å². The number of benzene rings is 2. The zero-order valence-electron chi connectivity index (χ0n) is 17.5. The average Bonchev–Trinajstić information content (AvgIpc) is 2.74. The van der Waals surface area contributed by atoms with Crippen molar-refractivity contribution in [1.82, 2.24) is 0 Å². The van der Waals surface area contributed by atoms with Crippen LogP contribution in [0.15, 0.2) is 51.7 Å². The predicted molar refractivity (Wildman–Crippen MR) is 119 cm³/mol. The molecule has 1 heterocycles. The van der Waals surface area contributed by atoms with Crippen molar-refractivity contribution in [1.29, 1.82) is 0 Å². The molecule has 2 aromatic carbocycles. The van der Waals surface area contributed by atoms with E-state index in [2.05, 4.69) is 26.1 Å². The summed E-state index contributed by atoms with van der Waals surface area (Å²) in [4.78, 5) is 26.5. The van der Waals surface area contributed by atoms with Gasteiger partial charge in [-0.15, -0.1) is 0 Å². The number of carbonyl (C=O) groups excluding carboxylic acids is 1. The van der Waals surface area contributed by atoms with Crippen molar-refractivity contribution >= 4 is 22.6 Å². The maximum atomic E-state index is 13.3. The molecule has 4 heteroatoms. The van der Waals surface area contributed by atoms with Crippen LogP contribution in [0, 0.1) is 0 Å². The van der Waals surface area contributed by atoms with Crippen LogP contribution in [0.4, 0.5) is 5.69 Å². The standard InChI is InChI=1S/C25H29NO3/c1-4-7-8-16-21-22(24(27)19-14-9-10-15-20(19)29-21)25(28)26-23-17(5-2)12-11-13-18(23)6-3/h9-15H,4-8,16H2,1-3H3,(H,26,28). The Kier molecular flexibility index (Phi) is 6.86. The molecule has 3 rings (SSSR count). The maximum absolute atomic E-state index is 13.3. The Morgan fingerprint density at radius 3 is 2.28 bits per heavy atom. The van der Waals surface area contributed by atoms with Crippen LogP contribution >= 0.6 is 0 Å². The first-order valence-electron chi connectivity index (χ1n) is 10.6. The Morgan fingerprint density at radius 2 is 1.62 bits per heavy atom. The largest absolute Gasteiger partial charge is 0.460 e. The van der Waals surface area contributed by atoms with Gasteiger partial charge in [0.05, 0.1) is 5.39 Å². The number of amides is 1. The molecule has 1 N–H and O–H groups in total. The molecule has 0 saturated carbocycles. The second-order valence-corrected chi connectivity index (χ2v) is 7.30. The number of hydrogen-bond acceptors (Lipinski definition) is 3. The summed E-state index contributed by atoms with van der Waals surface area (Å²) in [6.45, 7) is 6.24. The van der Waals surface area contributed by atoms with E-state index >= 15 is 0 Å². The SMILES string of the molecule is CCCCCc1oc2ccccc2c(=O)c1C(=O)Nc1c(CC)cccc1CC. The van der Waals surface area contributed by atoms with Crippen molar-refractivity contribution in [3.63, 3.8) is 0 Å². The van der Waals surface area contributed by atoms with E-state index < -0.39 is 0 Å². The summed E-state index contributed by atoms with van der Waals surface area (Å²) < 4.78 is 6.03. The van der Waals surface area contributed by atoms with Gasteiger partial charge in [0.1, 0.15) is 16.9 Å². The third-order valence-corrected chi connectivity index (χ3v) is 5.34. The number of aryl methyl sites for hydroxylation is 3. The molecule has 3 aromatic rings. The molecule has 0 bridgehead atoms. The molecule has 0 spiro atoms. The van der Waals surface area contributed by atoms with Crippen LogP contribution in [0.25, 0.3) is 11.0 Å². The highest BCUT2D eigenvalue weighted by Gasteiger charge is 2.22. The zero-order chi connectivity index (χ0) is 20.8. The Morgan fingerprint density at radius 1 is 0.931 bits per heavy atom. The van der Waals surface area contributed by atoms with Gasteiger partial charge in [0.25, 0.3) is 5.91 Å². The molecule has 0 radical (unpaired) electrons. The van der Waals surface area contributed by atoms with Gasteiger partial charge in [0.2, 0.25) is 5.43 Å². The normalized spacial score (nSPS) is 11.0. The van der Waals surface area contributed by atoms with Crippen LogP contribution in [-0.4, -0.2) is 5.91 Å². The van der Waals surface area contributed by atoms with Crippen LogP contribution in [-0.2, 0) is 19.3 Å². The summed E-state index contributed by atoms with van der Waals surface area (Å²) in [5.41, 5.74) is 3.35. The molecule has 4 nitrogen and oxygen atoms in total. The Balaban J connectivity index is 2.08. The minimum absolute atomic E-state index is 0.132. The summed E-state index contributed by atoms with van der Waals surface area (Å²) in [6, 6.07) is 13.2. The van der Waals surface area contributed by atoms with E-state index in [1.165, 1.54) is 0 Å². The van der Waals surface area contributed by atoms with Gasteiger partial charge >= 0.3 is 0 Å². The minimum atomic E-state index is -0.383. The van der Waals surface area contributed by atoms with Gasteiger partial charge in [-0.25, -0.2) is 0 Å². The van der Waals surface area contributed by atoms with E-state index in [0.29, 0.717) is 23.2 Å². The number of fused-ring (bicyclic) bond motifs is 1. The monoisotopic (exact) mass is 391 g/mol. The minimum Gasteiger partial charge on any atom is -0.460 e. The van der Waals surface area contributed by atoms with Gasteiger partial charge in [-0.2, -0.15) is 0 Å². The topological polar surface area (TPSA) is 59.3 Å². The highest BCUT2D eigenvalue weighted by atomic mass is 16.3. The zero-order valence-corrected chi connectivity index (χ0v) is 17.5. The van der Waals surface area contributed by atoms with Crippen molar-refractivity contribution in [2.75, 3.05) is 5.32 Å².